The number of hydrogen-bond acceptors (Lipinski definition) is 3. The number of sulfonamides is 1. The molecule has 0 aliphatic rings. The van der Waals surface area contributed by atoms with E-state index in [0.717, 1.165) is 9.87 Å². The molecule has 2 rings (SSSR count). The molecular weight excluding hydrogens is 364 g/mol. The Hall–Kier alpha value is -1.11. The molecule has 0 unspecified atom stereocenters. The average molecular weight is 376 g/mol. The van der Waals surface area contributed by atoms with Crippen LogP contribution in [0.4, 0.5) is 5.82 Å². The maximum Gasteiger partial charge on any atom is 0.266 e. The van der Waals surface area contributed by atoms with Crippen LogP contribution in [0.2, 0.25) is 5.02 Å². The monoisotopic (exact) mass is 374 g/mol. The molecule has 1 heterocycles. The van der Waals surface area contributed by atoms with Crippen LogP contribution in [-0.2, 0) is 10.0 Å². The molecule has 0 amide bonds. The topological polar surface area (TPSA) is 50.3 Å². The van der Waals surface area contributed by atoms with Gasteiger partial charge in [-0.05, 0) is 52.7 Å². The largest absolute Gasteiger partial charge is 0.266 e. The second-order valence-corrected chi connectivity index (χ2v) is 7.47. The van der Waals surface area contributed by atoms with Gasteiger partial charge >= 0.3 is 0 Å². The number of nitrogens with zero attached hydrogens (tertiary/aromatic N) is 2. The van der Waals surface area contributed by atoms with E-state index in [1.807, 2.05) is 6.92 Å². The molecule has 1 aromatic heterocycles. The highest BCUT2D eigenvalue weighted by molar-refractivity contribution is 9.10. The van der Waals surface area contributed by atoms with Crippen molar-refractivity contribution in [3.63, 3.8) is 0 Å². The van der Waals surface area contributed by atoms with E-state index in [9.17, 15) is 8.42 Å². The number of hydrogen-bond donors (Lipinski definition) is 0. The van der Waals surface area contributed by atoms with E-state index in [2.05, 4.69) is 20.9 Å². The van der Waals surface area contributed by atoms with Gasteiger partial charge in [0.2, 0.25) is 0 Å². The van der Waals surface area contributed by atoms with Crippen LogP contribution in [0.15, 0.2) is 45.9 Å². The minimum Gasteiger partial charge on any atom is -0.253 e. The molecule has 4 nitrogen and oxygen atoms in total. The quantitative estimate of drug-likeness (QED) is 0.823. The molecule has 0 atom stereocenters. The molecule has 20 heavy (non-hydrogen) atoms. The average Bonchev–Trinajstić information content (AvgIpc) is 2.38. The Morgan fingerprint density at radius 2 is 1.95 bits per heavy atom. The molecule has 0 aliphatic heterocycles. The smallest absolute Gasteiger partial charge is 0.253 e. The Bertz CT molecular complexity index is 733. The van der Waals surface area contributed by atoms with Gasteiger partial charge in [0, 0.05) is 17.7 Å². The molecule has 106 valence electrons. The van der Waals surface area contributed by atoms with Crippen LogP contribution in [0.3, 0.4) is 0 Å². The van der Waals surface area contributed by atoms with Crippen molar-refractivity contribution >= 4 is 43.4 Å². The molecule has 0 saturated heterocycles. The van der Waals surface area contributed by atoms with Crippen molar-refractivity contribution in [2.75, 3.05) is 11.4 Å². The Labute approximate surface area is 131 Å². The summed E-state index contributed by atoms with van der Waals surface area (Å²) in [4.78, 5) is 4.21. The molecule has 0 radical (unpaired) electrons. The highest BCUT2D eigenvalue weighted by Crippen LogP contribution is 2.27. The van der Waals surface area contributed by atoms with Crippen molar-refractivity contribution in [2.24, 2.45) is 0 Å². The molecule has 0 spiro atoms. The highest BCUT2D eigenvalue weighted by atomic mass is 79.9. The third-order valence-electron chi connectivity index (χ3n) is 2.76. The zero-order chi connectivity index (χ0) is 14.9. The molecule has 0 fully saturated rings. The van der Waals surface area contributed by atoms with Crippen LogP contribution in [0.5, 0.6) is 0 Å². The number of aryl methyl sites for hydroxylation is 1. The lowest BCUT2D eigenvalue weighted by Gasteiger charge is -2.19. The second-order valence-electron chi connectivity index (χ2n) is 4.24. The van der Waals surface area contributed by atoms with Crippen LogP contribution in [0, 0.1) is 6.92 Å². The number of anilines is 1. The normalized spacial score (nSPS) is 11.4. The zero-order valence-corrected chi connectivity index (χ0v) is 14.0. The van der Waals surface area contributed by atoms with Gasteiger partial charge in [0.15, 0.2) is 0 Å². The third-order valence-corrected chi connectivity index (χ3v) is 5.72. The van der Waals surface area contributed by atoms with Gasteiger partial charge in [0.1, 0.15) is 10.7 Å². The number of aromatic nitrogens is 1. The van der Waals surface area contributed by atoms with Crippen molar-refractivity contribution in [1.29, 1.82) is 0 Å². The molecule has 0 aliphatic carbocycles. The van der Waals surface area contributed by atoms with Crippen LogP contribution in [-0.4, -0.2) is 20.4 Å². The Morgan fingerprint density at radius 1 is 1.25 bits per heavy atom. The van der Waals surface area contributed by atoms with E-state index in [-0.39, 0.29) is 4.90 Å². The summed E-state index contributed by atoms with van der Waals surface area (Å²) in [6.45, 7) is 1.89. The summed E-state index contributed by atoms with van der Waals surface area (Å²) in [5.74, 6) is 0.307. The fraction of sp³-hybridized carbons (Fsp3) is 0.154. The molecule has 0 N–H and O–H groups in total. The van der Waals surface area contributed by atoms with Gasteiger partial charge in [-0.25, -0.2) is 13.4 Å². The number of halogens is 2. The summed E-state index contributed by atoms with van der Waals surface area (Å²) in [6.07, 6.45) is 1.41. The molecule has 1 aromatic carbocycles. The van der Waals surface area contributed by atoms with Gasteiger partial charge < -0.3 is 0 Å². The summed E-state index contributed by atoms with van der Waals surface area (Å²) in [5.41, 5.74) is 0.975. The van der Waals surface area contributed by atoms with Gasteiger partial charge in [-0.2, -0.15) is 0 Å². The summed E-state index contributed by atoms with van der Waals surface area (Å²) >= 11 is 9.04. The Kier molecular flexibility index (Phi) is 4.36. The SMILES string of the molecule is Cc1ccc(S(=O)(=O)N(C)c2ccc(Cl)cn2)c(Br)c1. The standard InChI is InChI=1S/C13H12BrClN2O2S/c1-9-3-5-12(11(14)7-9)20(18,19)17(2)13-6-4-10(15)8-16-13/h3-8H,1-2H3. The molecule has 2 aromatic rings. The second kappa shape index (κ2) is 5.71. The van der Waals surface area contributed by atoms with Gasteiger partial charge in [0.05, 0.1) is 5.02 Å². The maximum atomic E-state index is 12.6. The van der Waals surface area contributed by atoms with E-state index in [4.69, 9.17) is 11.6 Å². The summed E-state index contributed by atoms with van der Waals surface area (Å²) in [7, 11) is -2.22. The molecule has 7 heteroatoms. The van der Waals surface area contributed by atoms with Gasteiger partial charge in [-0.1, -0.05) is 17.7 Å². The van der Waals surface area contributed by atoms with Gasteiger partial charge in [0.25, 0.3) is 10.0 Å². The number of rotatable bonds is 3. The lowest BCUT2D eigenvalue weighted by Crippen LogP contribution is -2.27. The van der Waals surface area contributed by atoms with Crippen LogP contribution < -0.4 is 4.31 Å². The van der Waals surface area contributed by atoms with E-state index >= 15 is 0 Å². The Morgan fingerprint density at radius 3 is 2.50 bits per heavy atom. The summed E-state index contributed by atoms with van der Waals surface area (Å²) in [6, 6.07) is 8.24. The number of benzene rings is 1. The van der Waals surface area contributed by atoms with E-state index in [0.29, 0.717) is 15.3 Å². The Balaban J connectivity index is 2.46. The minimum atomic E-state index is -3.67. The first-order chi connectivity index (χ1) is 9.32. The van der Waals surface area contributed by atoms with E-state index < -0.39 is 10.0 Å². The van der Waals surface area contributed by atoms with Crippen molar-refractivity contribution < 1.29 is 8.42 Å². The van der Waals surface area contributed by atoms with Crippen LogP contribution in [0.25, 0.3) is 0 Å². The predicted molar refractivity (Wildman–Crippen MR) is 83.7 cm³/mol. The number of pyridine rings is 1. The first-order valence-electron chi connectivity index (χ1n) is 5.69. The van der Waals surface area contributed by atoms with Crippen LogP contribution >= 0.6 is 27.5 Å². The first-order valence-corrected chi connectivity index (χ1v) is 8.30. The maximum absolute atomic E-state index is 12.6. The molecule has 0 saturated carbocycles. The van der Waals surface area contributed by atoms with Crippen LogP contribution in [0.1, 0.15) is 5.56 Å². The van der Waals surface area contributed by atoms with Gasteiger partial charge in [-0.15, -0.1) is 0 Å². The van der Waals surface area contributed by atoms with Crippen molar-refractivity contribution in [1.82, 2.24) is 4.98 Å². The molecule has 0 bridgehead atoms. The summed E-state index contributed by atoms with van der Waals surface area (Å²) < 4.78 is 26.8. The van der Waals surface area contributed by atoms with E-state index in [1.54, 1.807) is 30.3 Å². The van der Waals surface area contributed by atoms with E-state index in [1.165, 1.54) is 13.2 Å². The fourth-order valence-corrected chi connectivity index (χ4v) is 4.05. The lowest BCUT2D eigenvalue weighted by molar-refractivity contribution is 0.593. The minimum absolute atomic E-state index is 0.197. The first kappa shape index (κ1) is 15.3. The van der Waals surface area contributed by atoms with Crippen molar-refractivity contribution in [3.05, 3.63) is 51.6 Å². The zero-order valence-electron chi connectivity index (χ0n) is 10.8. The fourth-order valence-electron chi connectivity index (χ4n) is 1.64. The van der Waals surface area contributed by atoms with Crippen molar-refractivity contribution in [3.8, 4) is 0 Å². The highest BCUT2D eigenvalue weighted by Gasteiger charge is 2.24. The summed E-state index contributed by atoms with van der Waals surface area (Å²) in [5, 5.41) is 0.455. The van der Waals surface area contributed by atoms with Crippen molar-refractivity contribution in [2.45, 2.75) is 11.8 Å². The predicted octanol–water partition coefficient (Wildman–Crippen LogP) is 3.63. The third kappa shape index (κ3) is 2.97. The lowest BCUT2D eigenvalue weighted by atomic mass is 10.2. The van der Waals surface area contributed by atoms with Gasteiger partial charge in [-0.3, -0.25) is 4.31 Å². The molecular formula is C13H12BrClN2O2S.